The normalized spacial score (nSPS) is 17.3. The van der Waals surface area contributed by atoms with Crippen molar-refractivity contribution in [2.75, 3.05) is 13.1 Å². The van der Waals surface area contributed by atoms with Crippen molar-refractivity contribution in [2.24, 2.45) is 14.1 Å². The summed E-state index contributed by atoms with van der Waals surface area (Å²) in [6.07, 6.45) is 3.49. The molecule has 0 amide bonds. The number of rotatable bonds is 6. The van der Waals surface area contributed by atoms with Crippen LogP contribution in [0.3, 0.4) is 0 Å². The molecule has 8 heteroatoms. The molecule has 1 fully saturated rings. The van der Waals surface area contributed by atoms with Crippen molar-refractivity contribution in [1.82, 2.24) is 24.5 Å². The van der Waals surface area contributed by atoms with Gasteiger partial charge >= 0.3 is 5.69 Å². The summed E-state index contributed by atoms with van der Waals surface area (Å²) in [6, 6.07) is 0.330. The highest BCUT2D eigenvalue weighted by molar-refractivity contribution is 5.22. The van der Waals surface area contributed by atoms with Crippen LogP contribution >= 0.6 is 0 Å². The lowest BCUT2D eigenvalue weighted by molar-refractivity contribution is 0.187. The first-order valence-corrected chi connectivity index (χ1v) is 9.06. The highest BCUT2D eigenvalue weighted by Gasteiger charge is 2.26. The van der Waals surface area contributed by atoms with Crippen molar-refractivity contribution in [3.8, 4) is 0 Å². The van der Waals surface area contributed by atoms with Crippen molar-refractivity contribution in [2.45, 2.75) is 45.8 Å². The van der Waals surface area contributed by atoms with E-state index in [4.69, 9.17) is 4.52 Å². The fraction of sp³-hybridized carbons (Fsp3) is 0.611. The predicted molar refractivity (Wildman–Crippen MR) is 98.1 cm³/mol. The molecule has 1 N–H and O–H groups in total. The second-order valence-corrected chi connectivity index (χ2v) is 6.98. The zero-order valence-electron chi connectivity index (χ0n) is 15.9. The van der Waals surface area contributed by atoms with Gasteiger partial charge in [0.1, 0.15) is 5.76 Å². The molecule has 0 spiro atoms. The van der Waals surface area contributed by atoms with Gasteiger partial charge in [0.15, 0.2) is 0 Å². The van der Waals surface area contributed by atoms with Crippen molar-refractivity contribution in [3.05, 3.63) is 49.6 Å². The van der Waals surface area contributed by atoms with Gasteiger partial charge in [-0.3, -0.25) is 14.3 Å². The number of nitrogens with one attached hydrogen (secondary N) is 1. The van der Waals surface area contributed by atoms with Crippen molar-refractivity contribution < 1.29 is 4.52 Å². The molecule has 8 nitrogen and oxygen atoms in total. The molecular weight excluding hydrogens is 334 g/mol. The highest BCUT2D eigenvalue weighted by atomic mass is 16.5. The number of nitrogens with zero attached hydrogens (tertiary/aromatic N) is 4. The van der Waals surface area contributed by atoms with Gasteiger partial charge in [-0.25, -0.2) is 4.79 Å². The Hall–Kier alpha value is -2.19. The highest BCUT2D eigenvalue weighted by Crippen LogP contribution is 2.21. The van der Waals surface area contributed by atoms with E-state index >= 15 is 0 Å². The Morgan fingerprint density at radius 3 is 2.77 bits per heavy atom. The lowest BCUT2D eigenvalue weighted by Gasteiger charge is -2.28. The maximum absolute atomic E-state index is 12.6. The van der Waals surface area contributed by atoms with Gasteiger partial charge in [-0.05, 0) is 26.3 Å². The van der Waals surface area contributed by atoms with E-state index in [0.717, 1.165) is 42.9 Å². The van der Waals surface area contributed by atoms with Gasteiger partial charge in [0.25, 0.3) is 5.56 Å². The Kier molecular flexibility index (Phi) is 5.43. The number of aromatic nitrogens is 3. The predicted octanol–water partition coefficient (Wildman–Crippen LogP) is 0.307. The molecule has 3 rings (SSSR count). The monoisotopic (exact) mass is 361 g/mol. The summed E-state index contributed by atoms with van der Waals surface area (Å²) in [7, 11) is 3.20. The lowest BCUT2D eigenvalue weighted by atomic mass is 10.1. The van der Waals surface area contributed by atoms with Crippen LogP contribution in [0, 0.1) is 6.92 Å². The average molecular weight is 361 g/mol. The molecule has 0 aromatic carbocycles. The number of hydrogen-bond acceptors (Lipinski definition) is 6. The van der Waals surface area contributed by atoms with Gasteiger partial charge < -0.3 is 14.4 Å². The van der Waals surface area contributed by atoms with Gasteiger partial charge in [0.2, 0.25) is 0 Å². The summed E-state index contributed by atoms with van der Waals surface area (Å²) in [4.78, 5) is 26.8. The maximum Gasteiger partial charge on any atom is 0.330 e. The topological polar surface area (TPSA) is 85.3 Å². The van der Waals surface area contributed by atoms with Crippen LogP contribution < -0.4 is 16.6 Å². The van der Waals surface area contributed by atoms with Crippen LogP contribution in [-0.2, 0) is 33.6 Å². The van der Waals surface area contributed by atoms with Crippen molar-refractivity contribution in [1.29, 1.82) is 0 Å². The van der Waals surface area contributed by atoms with E-state index in [2.05, 4.69) is 22.3 Å². The second-order valence-electron chi connectivity index (χ2n) is 6.98. The first-order chi connectivity index (χ1) is 12.4. The van der Waals surface area contributed by atoms with E-state index in [1.54, 1.807) is 13.2 Å². The average Bonchev–Trinajstić information content (AvgIpc) is 3.27. The molecule has 1 saturated heterocycles. The minimum absolute atomic E-state index is 0.234. The Morgan fingerprint density at radius 2 is 2.12 bits per heavy atom. The van der Waals surface area contributed by atoms with Gasteiger partial charge in [0, 0.05) is 57.1 Å². The fourth-order valence-corrected chi connectivity index (χ4v) is 3.60. The molecule has 0 radical (unpaired) electrons. The summed E-state index contributed by atoms with van der Waals surface area (Å²) in [6.45, 7) is 7.01. The van der Waals surface area contributed by atoms with E-state index in [0.29, 0.717) is 24.7 Å². The quantitative estimate of drug-likeness (QED) is 0.797. The van der Waals surface area contributed by atoms with Gasteiger partial charge in [-0.2, -0.15) is 0 Å². The van der Waals surface area contributed by atoms with Crippen molar-refractivity contribution in [3.63, 3.8) is 0 Å². The Bertz CT molecular complexity index is 889. The van der Waals surface area contributed by atoms with Gasteiger partial charge in [-0.1, -0.05) is 12.1 Å². The van der Waals surface area contributed by atoms with E-state index in [1.165, 1.54) is 16.2 Å². The summed E-state index contributed by atoms with van der Waals surface area (Å²) in [5.41, 5.74) is 2.14. The van der Waals surface area contributed by atoms with Crippen LogP contribution in [0.15, 0.2) is 20.3 Å². The molecule has 1 aliphatic rings. The van der Waals surface area contributed by atoms with E-state index in [1.807, 2.05) is 6.92 Å². The lowest BCUT2D eigenvalue weighted by Crippen LogP contribution is -2.42. The molecule has 0 saturated carbocycles. The number of hydrogen-bond donors (Lipinski definition) is 1. The molecule has 0 aliphatic carbocycles. The fourth-order valence-electron chi connectivity index (χ4n) is 3.60. The largest absolute Gasteiger partial charge is 0.361 e. The van der Waals surface area contributed by atoms with Crippen LogP contribution in [0.2, 0.25) is 0 Å². The van der Waals surface area contributed by atoms with Crippen LogP contribution in [0.4, 0.5) is 0 Å². The second kappa shape index (κ2) is 7.59. The van der Waals surface area contributed by atoms with Crippen LogP contribution in [-0.4, -0.2) is 38.3 Å². The molecule has 0 bridgehead atoms. The Balaban J connectivity index is 1.94. The smallest absolute Gasteiger partial charge is 0.330 e. The van der Waals surface area contributed by atoms with E-state index in [-0.39, 0.29) is 11.2 Å². The summed E-state index contributed by atoms with van der Waals surface area (Å²) < 4.78 is 8.01. The third kappa shape index (κ3) is 3.52. The molecule has 1 aliphatic heterocycles. The molecule has 142 valence electrons. The SMILES string of the molecule is CCc1noc(C)c1CN(Cc1cn(C)c(=O)n(C)c1=O)[C@@H]1CCNC1. The van der Waals surface area contributed by atoms with Gasteiger partial charge in [-0.15, -0.1) is 0 Å². The first kappa shape index (κ1) is 18.6. The molecule has 3 heterocycles. The summed E-state index contributed by atoms with van der Waals surface area (Å²) in [5, 5.41) is 7.54. The Labute approximate surface area is 152 Å². The molecular formula is C18H27N5O3. The summed E-state index contributed by atoms with van der Waals surface area (Å²) in [5.74, 6) is 0.825. The number of aryl methyl sites for hydroxylation is 3. The molecule has 2 aromatic heterocycles. The third-order valence-electron chi connectivity index (χ3n) is 5.20. The molecule has 2 aromatic rings. The minimum Gasteiger partial charge on any atom is -0.361 e. The van der Waals surface area contributed by atoms with Crippen LogP contribution in [0.5, 0.6) is 0 Å². The minimum atomic E-state index is -0.309. The van der Waals surface area contributed by atoms with E-state index in [9.17, 15) is 9.59 Å². The van der Waals surface area contributed by atoms with Gasteiger partial charge in [0.05, 0.1) is 5.69 Å². The van der Waals surface area contributed by atoms with Crippen LogP contribution in [0.1, 0.15) is 35.9 Å². The molecule has 1 atom stereocenters. The zero-order chi connectivity index (χ0) is 18.8. The standard InChI is InChI=1S/C18H27N5O3/c1-5-16-15(12(2)26-20-16)11-23(14-6-7-19-8-14)10-13-9-21(3)18(25)22(4)17(13)24/h9,14,19H,5-8,10-11H2,1-4H3/t14-/m1/s1. The first-order valence-electron chi connectivity index (χ1n) is 9.06. The van der Waals surface area contributed by atoms with Crippen molar-refractivity contribution >= 4 is 0 Å². The maximum atomic E-state index is 12.6. The van der Waals surface area contributed by atoms with E-state index < -0.39 is 0 Å². The molecule has 0 unspecified atom stereocenters. The molecule has 26 heavy (non-hydrogen) atoms. The zero-order valence-corrected chi connectivity index (χ0v) is 15.9. The Morgan fingerprint density at radius 1 is 1.35 bits per heavy atom. The van der Waals surface area contributed by atoms with Crippen LogP contribution in [0.25, 0.3) is 0 Å². The summed E-state index contributed by atoms with van der Waals surface area (Å²) >= 11 is 0. The third-order valence-corrected chi connectivity index (χ3v) is 5.20.